The topological polar surface area (TPSA) is 84.9 Å². The van der Waals surface area contributed by atoms with E-state index in [4.69, 9.17) is 9.47 Å². The number of amides is 1. The summed E-state index contributed by atoms with van der Waals surface area (Å²) < 4.78 is 52.3. The van der Waals surface area contributed by atoms with Crippen LogP contribution in [-0.4, -0.2) is 32.0 Å². The molecule has 0 atom stereocenters. The summed E-state index contributed by atoms with van der Waals surface area (Å²) in [5, 5.41) is 2.66. The van der Waals surface area contributed by atoms with E-state index in [0.717, 1.165) is 9.87 Å². The zero-order valence-corrected chi connectivity index (χ0v) is 18.1. The molecule has 0 unspecified atom stereocenters. The van der Waals surface area contributed by atoms with E-state index in [1.807, 2.05) is 6.92 Å². The van der Waals surface area contributed by atoms with E-state index in [0.29, 0.717) is 17.2 Å². The van der Waals surface area contributed by atoms with Gasteiger partial charge in [-0.25, -0.2) is 12.8 Å². The molecule has 1 amide bonds. The highest BCUT2D eigenvalue weighted by atomic mass is 32.2. The summed E-state index contributed by atoms with van der Waals surface area (Å²) in [6, 6.07) is 17.0. The van der Waals surface area contributed by atoms with Gasteiger partial charge in [0.15, 0.2) is 11.5 Å². The molecule has 1 aliphatic rings. The number of hydrogen-bond acceptors (Lipinski definition) is 5. The second-order valence-electron chi connectivity index (χ2n) is 7.29. The van der Waals surface area contributed by atoms with Crippen LogP contribution in [0.5, 0.6) is 11.5 Å². The van der Waals surface area contributed by atoms with Crippen LogP contribution in [0.2, 0.25) is 0 Å². The van der Waals surface area contributed by atoms with E-state index in [-0.39, 0.29) is 23.8 Å². The van der Waals surface area contributed by atoms with Gasteiger partial charge in [-0.3, -0.25) is 4.79 Å². The Hall–Kier alpha value is -3.43. The monoisotopic (exact) mass is 456 g/mol. The van der Waals surface area contributed by atoms with E-state index in [9.17, 15) is 17.6 Å². The number of nitrogens with one attached hydrogen (secondary N) is 1. The lowest BCUT2D eigenvalue weighted by Crippen LogP contribution is -2.37. The maximum Gasteiger partial charge on any atom is 0.243 e. The van der Waals surface area contributed by atoms with Crippen molar-refractivity contribution < 1.29 is 27.1 Å². The molecule has 1 N–H and O–H groups in total. The van der Waals surface area contributed by atoms with Crippen LogP contribution in [0.4, 0.5) is 10.1 Å². The Morgan fingerprint density at radius 2 is 1.75 bits per heavy atom. The van der Waals surface area contributed by atoms with Crippen molar-refractivity contribution >= 4 is 21.6 Å². The highest BCUT2D eigenvalue weighted by Gasteiger charge is 2.28. The van der Waals surface area contributed by atoms with E-state index in [2.05, 4.69) is 5.32 Å². The van der Waals surface area contributed by atoms with Gasteiger partial charge >= 0.3 is 0 Å². The number of aryl methyl sites for hydroxylation is 1. The third kappa shape index (κ3) is 4.74. The van der Waals surface area contributed by atoms with Gasteiger partial charge in [-0.1, -0.05) is 35.9 Å². The molecule has 1 aliphatic heterocycles. The van der Waals surface area contributed by atoms with Crippen molar-refractivity contribution in [1.29, 1.82) is 0 Å². The summed E-state index contributed by atoms with van der Waals surface area (Å²) in [5.41, 5.74) is 1.49. The van der Waals surface area contributed by atoms with E-state index >= 15 is 0 Å². The third-order valence-electron chi connectivity index (χ3n) is 4.94. The molecule has 9 heteroatoms. The second kappa shape index (κ2) is 8.97. The molecule has 166 valence electrons. The Labute approximate surface area is 185 Å². The molecule has 1 heterocycles. The van der Waals surface area contributed by atoms with Crippen LogP contribution < -0.4 is 14.8 Å². The van der Waals surface area contributed by atoms with Gasteiger partial charge in [-0.2, -0.15) is 4.31 Å². The van der Waals surface area contributed by atoms with Crippen LogP contribution in [0.3, 0.4) is 0 Å². The van der Waals surface area contributed by atoms with E-state index in [1.165, 1.54) is 30.3 Å². The number of fused-ring (bicyclic) bond motifs is 1. The molecule has 0 spiro atoms. The molecule has 4 rings (SSSR count). The van der Waals surface area contributed by atoms with Crippen molar-refractivity contribution in [3.05, 3.63) is 83.7 Å². The smallest absolute Gasteiger partial charge is 0.243 e. The van der Waals surface area contributed by atoms with Crippen molar-refractivity contribution in [2.24, 2.45) is 0 Å². The first-order valence-electron chi connectivity index (χ1n) is 9.83. The molecule has 0 aromatic heterocycles. The van der Waals surface area contributed by atoms with Crippen LogP contribution in [0, 0.1) is 12.7 Å². The fourth-order valence-electron chi connectivity index (χ4n) is 3.24. The summed E-state index contributed by atoms with van der Waals surface area (Å²) in [5.74, 6) is -0.0758. The largest absolute Gasteiger partial charge is 0.454 e. The number of anilines is 1. The summed E-state index contributed by atoms with van der Waals surface area (Å²) in [6.45, 7) is 1.14. The van der Waals surface area contributed by atoms with E-state index < -0.39 is 28.3 Å². The van der Waals surface area contributed by atoms with Crippen LogP contribution in [-0.2, 0) is 21.4 Å². The standard InChI is InChI=1S/C23H21FN2O5S/c1-16-6-9-19(10-7-16)32(28,29)26(13-17-4-2-3-5-20(17)24)14-23(27)25-18-8-11-21-22(12-18)31-15-30-21/h2-12H,13-15H2,1H3,(H,25,27). The van der Waals surface area contributed by atoms with Crippen molar-refractivity contribution in [2.45, 2.75) is 18.4 Å². The molecule has 0 bridgehead atoms. The van der Waals surface area contributed by atoms with Crippen molar-refractivity contribution in [3.8, 4) is 11.5 Å². The first-order valence-corrected chi connectivity index (χ1v) is 11.3. The Balaban J connectivity index is 1.59. The lowest BCUT2D eigenvalue weighted by atomic mass is 10.2. The van der Waals surface area contributed by atoms with Crippen LogP contribution >= 0.6 is 0 Å². The predicted molar refractivity (Wildman–Crippen MR) is 116 cm³/mol. The van der Waals surface area contributed by atoms with Gasteiger partial charge in [0.05, 0.1) is 11.4 Å². The predicted octanol–water partition coefficient (Wildman–Crippen LogP) is 3.69. The van der Waals surface area contributed by atoms with Crippen LogP contribution in [0.1, 0.15) is 11.1 Å². The zero-order chi connectivity index (χ0) is 22.7. The Bertz CT molecular complexity index is 1250. The average Bonchev–Trinajstić information content (AvgIpc) is 3.23. The molecule has 3 aromatic rings. The Morgan fingerprint density at radius 1 is 1.03 bits per heavy atom. The number of carbonyl (C=O) groups excluding carboxylic acids is 1. The van der Waals surface area contributed by atoms with Gasteiger partial charge in [-0.15, -0.1) is 0 Å². The minimum atomic E-state index is -4.07. The molecule has 3 aromatic carbocycles. The van der Waals surface area contributed by atoms with E-state index in [1.54, 1.807) is 36.4 Å². The lowest BCUT2D eigenvalue weighted by molar-refractivity contribution is -0.116. The van der Waals surface area contributed by atoms with Gasteiger partial charge < -0.3 is 14.8 Å². The third-order valence-corrected chi connectivity index (χ3v) is 6.75. The van der Waals surface area contributed by atoms with Crippen LogP contribution in [0.15, 0.2) is 71.6 Å². The highest BCUT2D eigenvalue weighted by molar-refractivity contribution is 7.89. The molecule has 32 heavy (non-hydrogen) atoms. The van der Waals surface area contributed by atoms with Gasteiger partial charge in [0, 0.05) is 23.9 Å². The Morgan fingerprint density at radius 3 is 2.50 bits per heavy atom. The highest BCUT2D eigenvalue weighted by Crippen LogP contribution is 2.34. The molecular weight excluding hydrogens is 435 g/mol. The Kier molecular flexibility index (Phi) is 6.11. The molecular formula is C23H21FN2O5S. The minimum Gasteiger partial charge on any atom is -0.454 e. The number of halogens is 1. The van der Waals surface area contributed by atoms with Gasteiger partial charge in [-0.05, 0) is 37.3 Å². The number of rotatable bonds is 7. The van der Waals surface area contributed by atoms with Crippen molar-refractivity contribution in [3.63, 3.8) is 0 Å². The maximum absolute atomic E-state index is 14.3. The molecule has 7 nitrogen and oxygen atoms in total. The molecule has 0 radical (unpaired) electrons. The molecule has 0 saturated heterocycles. The number of hydrogen-bond donors (Lipinski definition) is 1. The molecule has 0 fully saturated rings. The number of ether oxygens (including phenoxy) is 2. The summed E-state index contributed by atoms with van der Waals surface area (Å²) in [6.07, 6.45) is 0. The van der Waals surface area contributed by atoms with Crippen molar-refractivity contribution in [1.82, 2.24) is 4.31 Å². The van der Waals surface area contributed by atoms with Crippen LogP contribution in [0.25, 0.3) is 0 Å². The number of nitrogens with zero attached hydrogens (tertiary/aromatic N) is 1. The van der Waals surface area contributed by atoms with Gasteiger partial charge in [0.2, 0.25) is 22.7 Å². The average molecular weight is 456 g/mol. The lowest BCUT2D eigenvalue weighted by Gasteiger charge is -2.22. The normalized spacial score (nSPS) is 12.7. The fourth-order valence-corrected chi connectivity index (χ4v) is 4.61. The maximum atomic E-state index is 14.3. The fraction of sp³-hybridized carbons (Fsp3) is 0.174. The number of carbonyl (C=O) groups is 1. The van der Waals surface area contributed by atoms with Gasteiger partial charge in [0.25, 0.3) is 0 Å². The zero-order valence-electron chi connectivity index (χ0n) is 17.2. The first kappa shape index (κ1) is 21.8. The van der Waals surface area contributed by atoms with Crippen molar-refractivity contribution in [2.75, 3.05) is 18.7 Å². The number of sulfonamides is 1. The molecule has 0 aliphatic carbocycles. The SMILES string of the molecule is Cc1ccc(S(=O)(=O)N(CC(=O)Nc2ccc3c(c2)OCO3)Cc2ccccc2F)cc1. The van der Waals surface area contributed by atoms with Gasteiger partial charge in [0.1, 0.15) is 5.82 Å². The number of benzene rings is 3. The second-order valence-corrected chi connectivity index (χ2v) is 9.23. The quantitative estimate of drug-likeness (QED) is 0.586. The summed E-state index contributed by atoms with van der Waals surface area (Å²) in [4.78, 5) is 12.8. The molecule has 0 saturated carbocycles. The first-order chi connectivity index (χ1) is 15.3. The summed E-state index contributed by atoms with van der Waals surface area (Å²) in [7, 11) is -4.07. The summed E-state index contributed by atoms with van der Waals surface area (Å²) >= 11 is 0. The minimum absolute atomic E-state index is 0.0234.